The van der Waals surface area contributed by atoms with Crippen molar-refractivity contribution in [2.75, 3.05) is 4.90 Å². The van der Waals surface area contributed by atoms with Gasteiger partial charge in [-0.05, 0) is 57.9 Å². The van der Waals surface area contributed by atoms with E-state index in [1.807, 2.05) is 52.0 Å². The second kappa shape index (κ2) is 7.41. The molecule has 4 rings (SSSR count). The monoisotopic (exact) mass is 420 g/mol. The fourth-order valence-electron chi connectivity index (χ4n) is 4.01. The van der Waals surface area contributed by atoms with Crippen LogP contribution in [0, 0.1) is 0 Å². The summed E-state index contributed by atoms with van der Waals surface area (Å²) in [5.41, 5.74) is 1.15. The van der Waals surface area contributed by atoms with Gasteiger partial charge in [-0.2, -0.15) is 5.10 Å². The molecule has 0 radical (unpaired) electrons. The maximum Gasteiger partial charge on any atom is 0.277 e. The predicted octanol–water partition coefficient (Wildman–Crippen LogP) is 4.04. The molecule has 1 N–H and O–H groups in total. The lowest BCUT2D eigenvalue weighted by atomic mass is 9.91. The quantitative estimate of drug-likeness (QED) is 0.691. The highest BCUT2D eigenvalue weighted by Gasteiger charge is 2.50. The van der Waals surface area contributed by atoms with E-state index in [9.17, 15) is 9.59 Å². The Morgan fingerprint density at radius 1 is 1.23 bits per heavy atom. The number of furan rings is 1. The van der Waals surface area contributed by atoms with Gasteiger partial charge in [-0.15, -0.1) is 0 Å². The van der Waals surface area contributed by atoms with Gasteiger partial charge in [0.1, 0.15) is 16.9 Å². The molecule has 7 nitrogen and oxygen atoms in total. The number of fused-ring (bicyclic) bond motifs is 1. The fraction of sp³-hybridized carbons (Fsp3) is 0.375. The van der Waals surface area contributed by atoms with Gasteiger partial charge in [0.15, 0.2) is 5.76 Å². The molecule has 162 valence electrons. The van der Waals surface area contributed by atoms with Crippen molar-refractivity contribution >= 4 is 17.5 Å². The number of hydrogen-bond acceptors (Lipinski definition) is 4. The van der Waals surface area contributed by atoms with Crippen molar-refractivity contribution in [1.29, 1.82) is 0 Å². The van der Waals surface area contributed by atoms with E-state index in [2.05, 4.69) is 10.4 Å². The molecule has 0 spiro atoms. The van der Waals surface area contributed by atoms with Crippen molar-refractivity contribution in [3.05, 3.63) is 60.0 Å². The van der Waals surface area contributed by atoms with Crippen molar-refractivity contribution in [3.63, 3.8) is 0 Å². The third-order valence-electron chi connectivity index (χ3n) is 5.52. The van der Waals surface area contributed by atoms with Crippen LogP contribution >= 0.6 is 0 Å². The van der Waals surface area contributed by atoms with Crippen molar-refractivity contribution in [1.82, 2.24) is 15.1 Å². The molecule has 0 bridgehead atoms. The van der Waals surface area contributed by atoms with Crippen molar-refractivity contribution in [2.45, 2.75) is 58.7 Å². The summed E-state index contributed by atoms with van der Waals surface area (Å²) in [5, 5.41) is 7.64. The fourth-order valence-corrected chi connectivity index (χ4v) is 4.01. The van der Waals surface area contributed by atoms with Crippen LogP contribution in [-0.2, 0) is 17.8 Å². The lowest BCUT2D eigenvalue weighted by molar-refractivity contribution is -0.128. The van der Waals surface area contributed by atoms with E-state index in [4.69, 9.17) is 4.42 Å². The van der Waals surface area contributed by atoms with E-state index < -0.39 is 11.1 Å². The number of anilines is 1. The lowest BCUT2D eigenvalue weighted by Gasteiger charge is -2.44. The highest BCUT2D eigenvalue weighted by molar-refractivity contribution is 6.12. The normalized spacial score (nSPS) is 18.7. The number of carbonyl (C=O) groups is 2. The molecule has 0 saturated carbocycles. The number of benzene rings is 1. The summed E-state index contributed by atoms with van der Waals surface area (Å²) in [4.78, 5) is 29.0. The summed E-state index contributed by atoms with van der Waals surface area (Å²) in [7, 11) is 0. The Morgan fingerprint density at radius 2 is 1.97 bits per heavy atom. The SMILES string of the molecule is CCc1ccccc1N1C(=O)c2cc(-c3ccco3)nn2CC1(C)C(=O)NC(C)(C)C. The minimum absolute atomic E-state index is 0.222. The van der Waals surface area contributed by atoms with Crippen molar-refractivity contribution < 1.29 is 14.0 Å². The van der Waals surface area contributed by atoms with Crippen LogP contribution in [-0.4, -0.2) is 32.7 Å². The number of para-hydroxylation sites is 1. The first-order valence-electron chi connectivity index (χ1n) is 10.5. The summed E-state index contributed by atoms with van der Waals surface area (Å²) in [6, 6.07) is 13.0. The molecule has 3 heterocycles. The molecule has 31 heavy (non-hydrogen) atoms. The average molecular weight is 421 g/mol. The van der Waals surface area contributed by atoms with Gasteiger partial charge in [-0.1, -0.05) is 25.1 Å². The molecule has 1 aliphatic rings. The van der Waals surface area contributed by atoms with Crippen LogP contribution < -0.4 is 10.2 Å². The number of amides is 2. The van der Waals surface area contributed by atoms with Crippen molar-refractivity contribution in [3.8, 4) is 11.5 Å². The van der Waals surface area contributed by atoms with E-state index in [1.165, 1.54) is 0 Å². The number of nitrogens with one attached hydrogen (secondary N) is 1. The highest BCUT2D eigenvalue weighted by atomic mass is 16.3. The summed E-state index contributed by atoms with van der Waals surface area (Å²) >= 11 is 0. The molecule has 0 saturated heterocycles. The average Bonchev–Trinajstić information content (AvgIpc) is 3.36. The molecular formula is C24H28N4O3. The minimum Gasteiger partial charge on any atom is -0.463 e. The summed E-state index contributed by atoms with van der Waals surface area (Å²) in [6.07, 6.45) is 2.31. The third kappa shape index (κ3) is 3.65. The topological polar surface area (TPSA) is 80.4 Å². The van der Waals surface area contributed by atoms with Crippen LogP contribution in [0.2, 0.25) is 0 Å². The predicted molar refractivity (Wildman–Crippen MR) is 119 cm³/mol. The van der Waals surface area contributed by atoms with Gasteiger partial charge < -0.3 is 9.73 Å². The van der Waals surface area contributed by atoms with Gasteiger partial charge in [0.05, 0.1) is 12.8 Å². The Kier molecular flexibility index (Phi) is 5.00. The zero-order valence-corrected chi connectivity index (χ0v) is 18.6. The van der Waals surface area contributed by atoms with E-state index in [-0.39, 0.29) is 18.4 Å². The maximum atomic E-state index is 13.8. The van der Waals surface area contributed by atoms with Gasteiger partial charge in [0.2, 0.25) is 5.91 Å². The van der Waals surface area contributed by atoms with Gasteiger partial charge in [0.25, 0.3) is 5.91 Å². The third-order valence-corrected chi connectivity index (χ3v) is 5.52. The molecular weight excluding hydrogens is 392 g/mol. The van der Waals surface area contributed by atoms with Gasteiger partial charge in [-0.3, -0.25) is 19.2 Å². The van der Waals surface area contributed by atoms with Gasteiger partial charge in [-0.25, -0.2) is 0 Å². The van der Waals surface area contributed by atoms with Crippen LogP contribution in [0.15, 0.2) is 53.1 Å². The molecule has 0 aliphatic carbocycles. The molecule has 2 aromatic heterocycles. The number of aryl methyl sites for hydroxylation is 1. The first-order valence-corrected chi connectivity index (χ1v) is 10.5. The Morgan fingerprint density at radius 3 is 2.61 bits per heavy atom. The Bertz CT molecular complexity index is 1120. The lowest BCUT2D eigenvalue weighted by Crippen LogP contribution is -2.66. The molecule has 0 fully saturated rings. The van der Waals surface area contributed by atoms with Crippen LogP contribution in [0.3, 0.4) is 0 Å². The highest BCUT2D eigenvalue weighted by Crippen LogP contribution is 2.36. The zero-order valence-electron chi connectivity index (χ0n) is 18.6. The molecule has 1 aromatic carbocycles. The van der Waals surface area contributed by atoms with E-state index in [0.717, 1.165) is 17.7 Å². The second-order valence-electron chi connectivity index (χ2n) is 9.15. The summed E-state index contributed by atoms with van der Waals surface area (Å²) in [5.74, 6) is 0.0972. The van der Waals surface area contributed by atoms with Gasteiger partial charge >= 0.3 is 0 Å². The number of hydrogen-bond donors (Lipinski definition) is 1. The minimum atomic E-state index is -1.16. The number of carbonyl (C=O) groups excluding carboxylic acids is 2. The molecule has 1 unspecified atom stereocenters. The standard InChI is InChI=1S/C24H28N4O3/c1-6-16-10-7-8-11-18(16)28-21(29)19-14-17(20-12-9-13-31-20)26-27(19)15-24(28,5)22(30)25-23(2,3)4/h7-14H,6,15H2,1-5H3,(H,25,30). The van der Waals surface area contributed by atoms with E-state index >= 15 is 0 Å². The maximum absolute atomic E-state index is 13.8. The van der Waals surface area contributed by atoms with Crippen LogP contribution in [0.25, 0.3) is 11.5 Å². The van der Waals surface area contributed by atoms with Gasteiger partial charge in [0, 0.05) is 17.3 Å². The first-order chi connectivity index (χ1) is 14.6. The molecule has 2 amide bonds. The van der Waals surface area contributed by atoms with E-state index in [0.29, 0.717) is 17.1 Å². The Balaban J connectivity index is 1.87. The van der Waals surface area contributed by atoms with Crippen LogP contribution in [0.5, 0.6) is 0 Å². The Labute approximate surface area is 182 Å². The summed E-state index contributed by atoms with van der Waals surface area (Å²) < 4.78 is 7.08. The smallest absolute Gasteiger partial charge is 0.277 e. The molecule has 3 aromatic rings. The summed E-state index contributed by atoms with van der Waals surface area (Å²) in [6.45, 7) is 9.86. The number of nitrogens with zero attached hydrogens (tertiary/aromatic N) is 3. The second-order valence-corrected chi connectivity index (χ2v) is 9.15. The number of aromatic nitrogens is 2. The molecule has 1 aliphatic heterocycles. The largest absolute Gasteiger partial charge is 0.463 e. The van der Waals surface area contributed by atoms with Crippen LogP contribution in [0.4, 0.5) is 5.69 Å². The van der Waals surface area contributed by atoms with E-state index in [1.54, 1.807) is 41.0 Å². The van der Waals surface area contributed by atoms with Crippen molar-refractivity contribution in [2.24, 2.45) is 0 Å². The van der Waals surface area contributed by atoms with Crippen LogP contribution in [0.1, 0.15) is 50.7 Å². The molecule has 1 atom stereocenters. The molecule has 7 heteroatoms. The Hall–Kier alpha value is -3.35. The zero-order chi connectivity index (χ0) is 22.4. The first kappa shape index (κ1) is 20.9. The number of rotatable bonds is 4.